The molecule has 31 heavy (non-hydrogen) atoms. The van der Waals surface area contributed by atoms with Crippen LogP contribution >= 0.6 is 11.8 Å². The largest absolute Gasteiger partial charge is 0.482 e. The van der Waals surface area contributed by atoms with Gasteiger partial charge in [0.15, 0.2) is 6.61 Å². The Morgan fingerprint density at radius 2 is 1.90 bits per heavy atom. The number of anilines is 1. The van der Waals surface area contributed by atoms with Gasteiger partial charge in [0.1, 0.15) is 18.1 Å². The normalized spacial score (nSPS) is 14.6. The molecule has 8 nitrogen and oxygen atoms in total. The van der Waals surface area contributed by atoms with Crippen molar-refractivity contribution in [3.05, 3.63) is 64.8 Å². The van der Waals surface area contributed by atoms with Gasteiger partial charge in [-0.2, -0.15) is 0 Å². The standard InChI is InChI=1S/C21H17FN2O6S/c1-29-19(26)12-30-16-7-5-13(6-8-16)9-17-20(27)24(21(28)31-17)11-18(25)23-15-4-2-3-14(22)10-15/h2-10H,11-12H2,1H3,(H,23,25)/b17-9+. The third-order valence-corrected chi connectivity index (χ3v) is 4.95. The number of carbonyl (C=O) groups excluding carboxylic acids is 4. The zero-order chi connectivity index (χ0) is 22.4. The molecule has 160 valence electrons. The van der Waals surface area contributed by atoms with Gasteiger partial charge in [0.25, 0.3) is 11.1 Å². The first kappa shape index (κ1) is 22.0. The Bertz CT molecular complexity index is 1050. The van der Waals surface area contributed by atoms with E-state index < -0.39 is 35.4 Å². The lowest BCUT2D eigenvalue weighted by Crippen LogP contribution is -2.36. The van der Waals surface area contributed by atoms with E-state index in [2.05, 4.69) is 10.1 Å². The number of hydrogen-bond donors (Lipinski definition) is 1. The molecule has 1 heterocycles. The third-order valence-electron chi connectivity index (χ3n) is 4.05. The van der Waals surface area contributed by atoms with Crippen LogP contribution in [0.1, 0.15) is 5.56 Å². The molecule has 1 saturated heterocycles. The molecule has 0 unspecified atom stereocenters. The number of nitrogens with one attached hydrogen (secondary N) is 1. The molecule has 0 atom stereocenters. The first-order valence-electron chi connectivity index (χ1n) is 8.96. The molecular weight excluding hydrogens is 427 g/mol. The number of carbonyl (C=O) groups is 4. The summed E-state index contributed by atoms with van der Waals surface area (Å²) in [6, 6.07) is 11.8. The monoisotopic (exact) mass is 444 g/mol. The highest BCUT2D eigenvalue weighted by molar-refractivity contribution is 8.18. The summed E-state index contributed by atoms with van der Waals surface area (Å²) in [6.07, 6.45) is 1.51. The van der Waals surface area contributed by atoms with E-state index in [1.54, 1.807) is 24.3 Å². The molecule has 0 bridgehead atoms. The van der Waals surface area contributed by atoms with Crippen LogP contribution in [0, 0.1) is 5.82 Å². The van der Waals surface area contributed by atoms with E-state index in [1.807, 2.05) is 0 Å². The van der Waals surface area contributed by atoms with Gasteiger partial charge in [0.05, 0.1) is 12.0 Å². The number of amides is 3. The lowest BCUT2D eigenvalue weighted by atomic mass is 10.2. The van der Waals surface area contributed by atoms with Gasteiger partial charge in [-0.25, -0.2) is 9.18 Å². The van der Waals surface area contributed by atoms with Gasteiger partial charge in [-0.3, -0.25) is 19.3 Å². The SMILES string of the molecule is COC(=O)COc1ccc(/C=C2/SC(=O)N(CC(=O)Nc3cccc(F)c3)C2=O)cc1. The van der Waals surface area contributed by atoms with Gasteiger partial charge < -0.3 is 14.8 Å². The summed E-state index contributed by atoms with van der Waals surface area (Å²) in [6.45, 7) is -0.717. The smallest absolute Gasteiger partial charge is 0.343 e. The van der Waals surface area contributed by atoms with Crippen molar-refractivity contribution >= 4 is 46.5 Å². The zero-order valence-electron chi connectivity index (χ0n) is 16.3. The summed E-state index contributed by atoms with van der Waals surface area (Å²) >= 11 is 0.715. The molecule has 0 aliphatic carbocycles. The third kappa shape index (κ3) is 5.92. The van der Waals surface area contributed by atoms with Gasteiger partial charge in [-0.1, -0.05) is 18.2 Å². The van der Waals surface area contributed by atoms with Gasteiger partial charge in [0, 0.05) is 5.69 Å². The van der Waals surface area contributed by atoms with Gasteiger partial charge in [-0.15, -0.1) is 0 Å². The van der Waals surface area contributed by atoms with Crippen molar-refractivity contribution in [1.82, 2.24) is 4.90 Å². The van der Waals surface area contributed by atoms with E-state index in [1.165, 1.54) is 31.4 Å². The van der Waals surface area contributed by atoms with E-state index in [4.69, 9.17) is 4.74 Å². The quantitative estimate of drug-likeness (QED) is 0.517. The Balaban J connectivity index is 1.62. The molecule has 2 aromatic rings. The maximum absolute atomic E-state index is 13.2. The second kappa shape index (κ2) is 9.90. The van der Waals surface area contributed by atoms with E-state index in [9.17, 15) is 23.6 Å². The molecule has 0 spiro atoms. The van der Waals surface area contributed by atoms with Gasteiger partial charge >= 0.3 is 5.97 Å². The number of imide groups is 1. The lowest BCUT2D eigenvalue weighted by molar-refractivity contribution is -0.142. The molecule has 3 rings (SSSR count). The van der Waals surface area contributed by atoms with Crippen LogP contribution in [0.5, 0.6) is 5.75 Å². The van der Waals surface area contributed by atoms with Crippen LogP contribution < -0.4 is 10.1 Å². The van der Waals surface area contributed by atoms with Crippen molar-refractivity contribution in [2.45, 2.75) is 0 Å². The summed E-state index contributed by atoms with van der Waals surface area (Å²) in [7, 11) is 1.26. The fraction of sp³-hybridized carbons (Fsp3) is 0.143. The molecule has 3 amide bonds. The van der Waals surface area contributed by atoms with Crippen LogP contribution in [-0.2, 0) is 19.1 Å². The minimum absolute atomic E-state index is 0.159. The molecule has 10 heteroatoms. The Labute approximate surface area is 181 Å². The Morgan fingerprint density at radius 1 is 1.16 bits per heavy atom. The number of thioether (sulfide) groups is 1. The number of hydrogen-bond acceptors (Lipinski definition) is 7. The number of rotatable bonds is 7. The average Bonchev–Trinajstić information content (AvgIpc) is 3.00. The fourth-order valence-corrected chi connectivity index (χ4v) is 3.40. The second-order valence-corrected chi connectivity index (χ2v) is 7.25. The molecule has 1 fully saturated rings. The van der Waals surface area contributed by atoms with Crippen molar-refractivity contribution in [3.63, 3.8) is 0 Å². The van der Waals surface area contributed by atoms with Crippen LogP contribution in [0.2, 0.25) is 0 Å². The minimum Gasteiger partial charge on any atom is -0.482 e. The number of ether oxygens (including phenoxy) is 2. The molecule has 0 saturated carbocycles. The summed E-state index contributed by atoms with van der Waals surface area (Å²) in [5, 5.41) is 1.87. The minimum atomic E-state index is -0.624. The summed E-state index contributed by atoms with van der Waals surface area (Å²) in [5.41, 5.74) is 0.849. The van der Waals surface area contributed by atoms with Crippen LogP contribution in [0.15, 0.2) is 53.4 Å². The van der Waals surface area contributed by atoms with Crippen LogP contribution in [-0.4, -0.2) is 48.2 Å². The zero-order valence-corrected chi connectivity index (χ0v) is 17.1. The number of esters is 1. The predicted octanol–water partition coefficient (Wildman–Crippen LogP) is 3.05. The number of nitrogens with zero attached hydrogens (tertiary/aromatic N) is 1. The fourth-order valence-electron chi connectivity index (χ4n) is 2.56. The molecule has 1 N–H and O–H groups in total. The van der Waals surface area contributed by atoms with Gasteiger partial charge in [-0.05, 0) is 53.7 Å². The number of methoxy groups -OCH3 is 1. The molecule has 0 aromatic heterocycles. The Kier molecular flexibility index (Phi) is 7.03. The van der Waals surface area contributed by atoms with Crippen molar-refractivity contribution in [3.8, 4) is 5.75 Å². The lowest BCUT2D eigenvalue weighted by Gasteiger charge is -2.12. The Morgan fingerprint density at radius 3 is 2.58 bits per heavy atom. The first-order chi connectivity index (χ1) is 14.9. The second-order valence-electron chi connectivity index (χ2n) is 6.26. The van der Waals surface area contributed by atoms with Crippen LogP contribution in [0.4, 0.5) is 14.9 Å². The molecular formula is C21H17FN2O6S. The summed E-state index contributed by atoms with van der Waals surface area (Å²) in [4.78, 5) is 48.9. The van der Waals surface area contributed by atoms with Crippen molar-refractivity contribution < 1.29 is 33.0 Å². The average molecular weight is 444 g/mol. The first-order valence-corrected chi connectivity index (χ1v) is 9.78. The summed E-state index contributed by atoms with van der Waals surface area (Å²) < 4.78 is 22.9. The van der Waals surface area contributed by atoms with Crippen molar-refractivity contribution in [2.75, 3.05) is 25.6 Å². The maximum Gasteiger partial charge on any atom is 0.343 e. The highest BCUT2D eigenvalue weighted by atomic mass is 32.2. The van der Waals surface area contributed by atoms with E-state index in [0.717, 1.165) is 11.0 Å². The predicted molar refractivity (Wildman–Crippen MR) is 112 cm³/mol. The van der Waals surface area contributed by atoms with Crippen LogP contribution in [0.25, 0.3) is 6.08 Å². The topological polar surface area (TPSA) is 102 Å². The maximum atomic E-state index is 13.2. The van der Waals surface area contributed by atoms with E-state index in [0.29, 0.717) is 23.1 Å². The van der Waals surface area contributed by atoms with Gasteiger partial charge in [0.2, 0.25) is 5.91 Å². The molecule has 0 radical (unpaired) electrons. The van der Waals surface area contributed by atoms with Crippen LogP contribution in [0.3, 0.4) is 0 Å². The number of halogens is 1. The Hall–Kier alpha value is -3.66. The van der Waals surface area contributed by atoms with Crippen molar-refractivity contribution in [2.24, 2.45) is 0 Å². The molecule has 1 aliphatic rings. The van der Waals surface area contributed by atoms with E-state index >= 15 is 0 Å². The highest BCUT2D eigenvalue weighted by Gasteiger charge is 2.36. The highest BCUT2D eigenvalue weighted by Crippen LogP contribution is 2.32. The number of benzene rings is 2. The van der Waals surface area contributed by atoms with E-state index in [-0.39, 0.29) is 17.2 Å². The summed E-state index contributed by atoms with van der Waals surface area (Å²) in [5.74, 6) is -1.82. The van der Waals surface area contributed by atoms with Crippen molar-refractivity contribution in [1.29, 1.82) is 0 Å². The molecule has 1 aliphatic heterocycles. The molecule has 2 aromatic carbocycles.